The van der Waals surface area contributed by atoms with Gasteiger partial charge in [-0.15, -0.1) is 0 Å². The van der Waals surface area contributed by atoms with Gasteiger partial charge in [0, 0.05) is 23.4 Å². The molecule has 0 amide bonds. The van der Waals surface area contributed by atoms with Crippen LogP contribution in [-0.4, -0.2) is 31.5 Å². The van der Waals surface area contributed by atoms with Crippen molar-refractivity contribution in [1.29, 1.82) is 0 Å². The molecule has 0 fully saturated rings. The fourth-order valence-electron chi connectivity index (χ4n) is 3.15. The molecule has 0 N–H and O–H groups in total. The van der Waals surface area contributed by atoms with E-state index in [-0.39, 0.29) is 16.1 Å². The first-order valence-electron chi connectivity index (χ1n) is 7.87. The zero-order chi connectivity index (χ0) is 20.9. The van der Waals surface area contributed by atoms with Gasteiger partial charge in [-0.1, -0.05) is 29.8 Å². The van der Waals surface area contributed by atoms with E-state index in [1.807, 2.05) is 0 Å². The van der Waals surface area contributed by atoms with E-state index in [9.17, 15) is 31.1 Å². The average molecular weight is 424 g/mol. The smallest absolute Gasteiger partial charge is 0.434 e. The van der Waals surface area contributed by atoms with Crippen molar-refractivity contribution in [1.82, 2.24) is 0 Å². The molecule has 3 nitrogen and oxygen atoms in total. The number of ether oxygens (including phenoxy) is 1. The molecule has 0 radical (unpaired) electrons. The van der Waals surface area contributed by atoms with Crippen molar-refractivity contribution in [2.24, 2.45) is 0 Å². The summed E-state index contributed by atoms with van der Waals surface area (Å²) >= 11 is 5.94. The van der Waals surface area contributed by atoms with Gasteiger partial charge in [-0.2, -0.15) is 26.3 Å². The van der Waals surface area contributed by atoms with Crippen molar-refractivity contribution in [3.8, 4) is 0 Å². The number of fused-ring (bicyclic) bond motifs is 2. The molecule has 0 spiro atoms. The van der Waals surface area contributed by atoms with Gasteiger partial charge in [0.05, 0.1) is 0 Å². The molecular weight excluding hydrogens is 412 g/mol. The fraction of sp³-hybridized carbons (Fsp3) is 0.278. The Hall–Kier alpha value is -2.42. The number of esters is 1. The first-order chi connectivity index (χ1) is 12.9. The van der Waals surface area contributed by atoms with Crippen LogP contribution in [0.5, 0.6) is 0 Å². The van der Waals surface area contributed by atoms with Crippen LogP contribution >= 0.6 is 11.6 Å². The predicted octanol–water partition coefficient (Wildman–Crippen LogP) is 5.59. The number of hydrogen-bond donors (Lipinski definition) is 0. The van der Waals surface area contributed by atoms with Crippen LogP contribution in [0.4, 0.5) is 37.7 Å². The van der Waals surface area contributed by atoms with Gasteiger partial charge in [0.2, 0.25) is 0 Å². The highest BCUT2D eigenvalue weighted by atomic mass is 35.5. The fourth-order valence-corrected chi connectivity index (χ4v) is 3.33. The minimum atomic E-state index is -5.80. The van der Waals surface area contributed by atoms with E-state index in [2.05, 4.69) is 4.74 Å². The molecule has 1 aliphatic heterocycles. The Balaban J connectivity index is 2.10. The highest BCUT2D eigenvalue weighted by Crippen LogP contribution is 2.47. The standard InChI is InChI=1S/C18H12ClF6NO2/c1-26-12-5-3-2-4-10(12)14(11-8-9(19)6-7-13(11)26)15(27)28-16(17(20,21)22)18(23,24)25/h2-8,14,16H,1H3. The van der Waals surface area contributed by atoms with Crippen molar-refractivity contribution in [3.05, 3.63) is 58.6 Å². The number of rotatable bonds is 2. The van der Waals surface area contributed by atoms with Crippen LogP contribution in [0.1, 0.15) is 17.0 Å². The summed E-state index contributed by atoms with van der Waals surface area (Å²) in [4.78, 5) is 14.2. The minimum Gasteiger partial charge on any atom is -0.442 e. The molecule has 28 heavy (non-hydrogen) atoms. The monoisotopic (exact) mass is 423 g/mol. The number of anilines is 2. The summed E-state index contributed by atoms with van der Waals surface area (Å²) in [5, 5.41) is 0.174. The highest BCUT2D eigenvalue weighted by molar-refractivity contribution is 6.30. The maximum Gasteiger partial charge on any atom is 0.434 e. The molecule has 1 atom stereocenters. The highest BCUT2D eigenvalue weighted by Gasteiger charge is 2.60. The van der Waals surface area contributed by atoms with E-state index in [0.717, 1.165) is 0 Å². The van der Waals surface area contributed by atoms with E-state index < -0.39 is 30.3 Å². The van der Waals surface area contributed by atoms with Crippen LogP contribution in [0.25, 0.3) is 0 Å². The molecule has 150 valence electrons. The van der Waals surface area contributed by atoms with Crippen molar-refractivity contribution in [2.75, 3.05) is 11.9 Å². The molecule has 3 rings (SSSR count). The molecule has 1 aliphatic rings. The Morgan fingerprint density at radius 2 is 1.57 bits per heavy atom. The second-order valence-electron chi connectivity index (χ2n) is 6.15. The number of carbonyl (C=O) groups is 1. The van der Waals surface area contributed by atoms with Gasteiger partial charge in [-0.05, 0) is 35.4 Å². The largest absolute Gasteiger partial charge is 0.442 e. The molecule has 2 aromatic rings. The second-order valence-corrected chi connectivity index (χ2v) is 6.59. The number of para-hydroxylation sites is 1. The Morgan fingerprint density at radius 1 is 1.00 bits per heavy atom. The number of alkyl halides is 6. The number of nitrogens with zero attached hydrogens (tertiary/aromatic N) is 1. The molecule has 0 bridgehead atoms. The van der Waals surface area contributed by atoms with Crippen LogP contribution in [0.2, 0.25) is 5.02 Å². The summed E-state index contributed by atoms with van der Waals surface area (Å²) < 4.78 is 81.0. The van der Waals surface area contributed by atoms with Crippen LogP contribution in [0, 0.1) is 0 Å². The number of hydrogen-bond acceptors (Lipinski definition) is 3. The zero-order valence-corrected chi connectivity index (χ0v) is 14.9. The lowest BCUT2D eigenvalue weighted by atomic mass is 9.85. The van der Waals surface area contributed by atoms with Crippen LogP contribution in [0.3, 0.4) is 0 Å². The van der Waals surface area contributed by atoms with E-state index in [1.54, 1.807) is 24.1 Å². The van der Waals surface area contributed by atoms with Crippen molar-refractivity contribution in [3.63, 3.8) is 0 Å². The molecule has 2 aromatic carbocycles. The molecule has 0 saturated carbocycles. The molecule has 1 unspecified atom stereocenters. The zero-order valence-electron chi connectivity index (χ0n) is 14.1. The Morgan fingerprint density at radius 3 is 2.18 bits per heavy atom. The molecular formula is C18H12ClF6NO2. The molecule has 10 heteroatoms. The quantitative estimate of drug-likeness (QED) is 0.466. The maximum absolute atomic E-state index is 12.8. The summed E-state index contributed by atoms with van der Waals surface area (Å²) in [5.74, 6) is -3.16. The number of carbonyl (C=O) groups excluding carboxylic acids is 1. The van der Waals surface area contributed by atoms with Gasteiger partial charge in [0.15, 0.2) is 0 Å². The van der Waals surface area contributed by atoms with E-state index in [4.69, 9.17) is 11.6 Å². The van der Waals surface area contributed by atoms with Crippen molar-refractivity contribution in [2.45, 2.75) is 24.4 Å². The van der Waals surface area contributed by atoms with Crippen LogP contribution in [-0.2, 0) is 9.53 Å². The Labute approximate surface area is 160 Å². The lowest BCUT2D eigenvalue weighted by molar-refractivity contribution is -0.313. The van der Waals surface area contributed by atoms with Crippen molar-refractivity contribution < 1.29 is 35.9 Å². The Bertz CT molecular complexity index is 898. The third-order valence-corrected chi connectivity index (χ3v) is 4.57. The van der Waals surface area contributed by atoms with Gasteiger partial charge < -0.3 is 9.64 Å². The first-order valence-corrected chi connectivity index (χ1v) is 8.25. The second kappa shape index (κ2) is 6.88. The third kappa shape index (κ3) is 3.63. The SMILES string of the molecule is CN1c2ccccc2C(C(=O)OC(C(F)(F)F)C(F)(F)F)c2cc(Cl)ccc21. The lowest BCUT2D eigenvalue weighted by Gasteiger charge is -2.35. The number of halogens is 7. The van der Waals surface area contributed by atoms with Crippen molar-refractivity contribution >= 4 is 28.9 Å². The average Bonchev–Trinajstić information content (AvgIpc) is 2.58. The minimum absolute atomic E-state index is 0.154. The van der Waals surface area contributed by atoms with Gasteiger partial charge in [0.25, 0.3) is 6.10 Å². The third-order valence-electron chi connectivity index (χ3n) is 4.34. The summed E-state index contributed by atoms with van der Waals surface area (Å²) in [6.45, 7) is 0. The molecule has 1 heterocycles. The normalized spacial score (nSPS) is 16.6. The summed E-state index contributed by atoms with van der Waals surface area (Å²) in [7, 11) is 1.65. The Kier molecular flexibility index (Phi) is 4.99. The lowest BCUT2D eigenvalue weighted by Crippen LogP contribution is -2.46. The van der Waals surface area contributed by atoms with E-state index in [0.29, 0.717) is 11.4 Å². The summed E-state index contributed by atoms with van der Waals surface area (Å²) in [5.41, 5.74) is 1.24. The summed E-state index contributed by atoms with van der Waals surface area (Å²) in [6, 6.07) is 10.5. The van der Waals surface area contributed by atoms with Gasteiger partial charge in [0.1, 0.15) is 5.92 Å². The van der Waals surface area contributed by atoms with Crippen LogP contribution in [0.15, 0.2) is 42.5 Å². The van der Waals surface area contributed by atoms with E-state index >= 15 is 0 Å². The summed E-state index contributed by atoms with van der Waals surface area (Å²) in [6.07, 6.45) is -15.8. The van der Waals surface area contributed by atoms with Gasteiger partial charge in [-0.3, -0.25) is 4.79 Å². The van der Waals surface area contributed by atoms with Gasteiger partial charge in [-0.25, -0.2) is 0 Å². The predicted molar refractivity (Wildman–Crippen MR) is 89.8 cm³/mol. The molecule has 0 saturated heterocycles. The van der Waals surface area contributed by atoms with E-state index in [1.165, 1.54) is 30.3 Å². The topological polar surface area (TPSA) is 29.5 Å². The molecule has 0 aromatic heterocycles. The maximum atomic E-state index is 12.8. The first kappa shape index (κ1) is 20.3. The van der Waals surface area contributed by atoms with Gasteiger partial charge >= 0.3 is 18.3 Å². The van der Waals surface area contributed by atoms with Crippen LogP contribution < -0.4 is 4.90 Å². The number of benzene rings is 2. The molecule has 0 aliphatic carbocycles.